The lowest BCUT2D eigenvalue weighted by molar-refractivity contribution is -0.385. The summed E-state index contributed by atoms with van der Waals surface area (Å²) in [6.45, 7) is 0. The number of hydrogen-bond acceptors (Lipinski definition) is 7. The molecule has 0 fully saturated rings. The third kappa shape index (κ3) is 2.47. The molecular formula is C20H12N2O6. The van der Waals surface area contributed by atoms with E-state index in [1.807, 2.05) is 0 Å². The van der Waals surface area contributed by atoms with Gasteiger partial charge in [-0.15, -0.1) is 0 Å². The highest BCUT2D eigenvalue weighted by atomic mass is 16.6. The van der Waals surface area contributed by atoms with Crippen LogP contribution in [0, 0.1) is 10.1 Å². The molecule has 3 aromatic rings. The maximum absolute atomic E-state index is 13.1. The molecule has 0 saturated heterocycles. The van der Waals surface area contributed by atoms with Gasteiger partial charge in [-0.2, -0.15) is 0 Å². The molecule has 3 aromatic carbocycles. The first-order valence-corrected chi connectivity index (χ1v) is 8.18. The molecule has 8 heteroatoms. The molecule has 0 heterocycles. The van der Waals surface area contributed by atoms with Crippen LogP contribution < -0.4 is 5.32 Å². The first-order chi connectivity index (χ1) is 13.4. The number of carbonyl (C=O) groups is 2. The second-order valence-electron chi connectivity index (χ2n) is 6.14. The maximum Gasteiger partial charge on any atom is 0.281 e. The summed E-state index contributed by atoms with van der Waals surface area (Å²) in [5.41, 5.74) is -1.25. The van der Waals surface area contributed by atoms with Gasteiger partial charge in [-0.05, 0) is 30.3 Å². The summed E-state index contributed by atoms with van der Waals surface area (Å²) in [4.78, 5) is 36.8. The molecule has 4 rings (SSSR count). The fourth-order valence-corrected chi connectivity index (χ4v) is 3.28. The van der Waals surface area contributed by atoms with Crippen molar-refractivity contribution in [2.24, 2.45) is 0 Å². The lowest BCUT2D eigenvalue weighted by atomic mass is 9.81. The predicted octanol–water partition coefficient (Wildman–Crippen LogP) is 3.53. The monoisotopic (exact) mass is 376 g/mol. The molecule has 0 radical (unpaired) electrons. The Morgan fingerprint density at radius 1 is 0.750 bits per heavy atom. The van der Waals surface area contributed by atoms with Gasteiger partial charge in [0.15, 0.2) is 0 Å². The zero-order valence-electron chi connectivity index (χ0n) is 14.2. The van der Waals surface area contributed by atoms with Crippen LogP contribution in [0.15, 0.2) is 54.6 Å². The smallest absolute Gasteiger partial charge is 0.281 e. The number of anilines is 2. The first-order valence-electron chi connectivity index (χ1n) is 8.18. The van der Waals surface area contributed by atoms with Gasteiger partial charge in [-0.25, -0.2) is 0 Å². The Morgan fingerprint density at radius 2 is 1.32 bits per heavy atom. The number of aromatic hydroxyl groups is 2. The van der Waals surface area contributed by atoms with Gasteiger partial charge in [0.05, 0.1) is 27.3 Å². The van der Waals surface area contributed by atoms with Crippen molar-refractivity contribution >= 4 is 28.6 Å². The SMILES string of the molecule is O=C1c2c(O)ccc(O)c2C(=O)c2c([N+](=O)[O-])ccc(Nc3ccccc3)c21. The number of nitro benzene ring substituents is 1. The van der Waals surface area contributed by atoms with Crippen LogP contribution in [0.3, 0.4) is 0 Å². The Labute approximate surface area is 157 Å². The number of nitrogens with zero attached hydrogens (tertiary/aromatic N) is 1. The van der Waals surface area contributed by atoms with Crippen molar-refractivity contribution in [1.82, 2.24) is 0 Å². The summed E-state index contributed by atoms with van der Waals surface area (Å²) >= 11 is 0. The van der Waals surface area contributed by atoms with Gasteiger partial charge in [0.2, 0.25) is 11.6 Å². The van der Waals surface area contributed by atoms with Crippen molar-refractivity contribution in [1.29, 1.82) is 0 Å². The quantitative estimate of drug-likeness (QED) is 0.283. The number of carbonyl (C=O) groups excluding carboxylic acids is 2. The van der Waals surface area contributed by atoms with E-state index in [9.17, 15) is 29.9 Å². The molecule has 0 spiro atoms. The summed E-state index contributed by atoms with van der Waals surface area (Å²) < 4.78 is 0. The van der Waals surface area contributed by atoms with E-state index in [-0.39, 0.29) is 16.8 Å². The number of ketones is 2. The highest BCUT2D eigenvalue weighted by molar-refractivity contribution is 6.33. The lowest BCUT2D eigenvalue weighted by Gasteiger charge is -2.22. The van der Waals surface area contributed by atoms with Gasteiger partial charge in [0.1, 0.15) is 17.1 Å². The van der Waals surface area contributed by atoms with Crippen LogP contribution >= 0.6 is 0 Å². The normalized spacial score (nSPS) is 12.3. The van der Waals surface area contributed by atoms with E-state index >= 15 is 0 Å². The van der Waals surface area contributed by atoms with Gasteiger partial charge >= 0.3 is 0 Å². The number of fused-ring (bicyclic) bond motifs is 2. The second kappa shape index (κ2) is 6.20. The Balaban J connectivity index is 2.01. The zero-order chi connectivity index (χ0) is 20.0. The van der Waals surface area contributed by atoms with Crippen LogP contribution in [0.2, 0.25) is 0 Å². The van der Waals surface area contributed by atoms with E-state index in [1.54, 1.807) is 30.3 Å². The first kappa shape index (κ1) is 17.2. The fraction of sp³-hybridized carbons (Fsp3) is 0. The fourth-order valence-electron chi connectivity index (χ4n) is 3.28. The van der Waals surface area contributed by atoms with Crippen molar-refractivity contribution in [2.75, 3.05) is 5.32 Å². The molecule has 0 aromatic heterocycles. The molecule has 28 heavy (non-hydrogen) atoms. The number of hydrogen-bond donors (Lipinski definition) is 3. The summed E-state index contributed by atoms with van der Waals surface area (Å²) in [5.74, 6) is -2.72. The topological polar surface area (TPSA) is 130 Å². The van der Waals surface area contributed by atoms with Crippen LogP contribution in [-0.2, 0) is 0 Å². The van der Waals surface area contributed by atoms with E-state index in [0.29, 0.717) is 5.69 Å². The van der Waals surface area contributed by atoms with Gasteiger partial charge in [-0.3, -0.25) is 19.7 Å². The number of nitro groups is 1. The van der Waals surface area contributed by atoms with Gasteiger partial charge in [0, 0.05) is 11.8 Å². The number of para-hydroxylation sites is 1. The minimum atomic E-state index is -0.901. The third-order valence-electron chi connectivity index (χ3n) is 4.50. The molecule has 0 bridgehead atoms. The number of rotatable bonds is 3. The molecule has 0 amide bonds. The molecule has 8 nitrogen and oxygen atoms in total. The van der Waals surface area contributed by atoms with E-state index in [0.717, 1.165) is 18.2 Å². The molecule has 3 N–H and O–H groups in total. The molecule has 1 aliphatic carbocycles. The number of benzene rings is 3. The molecular weight excluding hydrogens is 364 g/mol. The van der Waals surface area contributed by atoms with Crippen LogP contribution in [0.1, 0.15) is 31.8 Å². The highest BCUT2D eigenvalue weighted by Crippen LogP contribution is 2.43. The average molecular weight is 376 g/mol. The third-order valence-corrected chi connectivity index (χ3v) is 4.50. The van der Waals surface area contributed by atoms with Crippen LogP contribution in [0.5, 0.6) is 11.5 Å². The maximum atomic E-state index is 13.1. The minimum absolute atomic E-state index is 0.179. The molecule has 0 aliphatic heterocycles. The Bertz CT molecular complexity index is 1170. The van der Waals surface area contributed by atoms with E-state index in [1.165, 1.54) is 6.07 Å². The Morgan fingerprint density at radius 3 is 1.89 bits per heavy atom. The summed E-state index contributed by atoms with van der Waals surface area (Å²) in [7, 11) is 0. The second-order valence-corrected chi connectivity index (χ2v) is 6.14. The van der Waals surface area contributed by atoms with E-state index in [4.69, 9.17) is 0 Å². The van der Waals surface area contributed by atoms with E-state index in [2.05, 4.69) is 5.32 Å². The number of phenolic OH excluding ortho intramolecular Hbond substituents is 2. The lowest BCUT2D eigenvalue weighted by Crippen LogP contribution is -2.24. The molecule has 0 unspecified atom stereocenters. The van der Waals surface area contributed by atoms with Crippen LogP contribution in [-0.4, -0.2) is 26.7 Å². The van der Waals surface area contributed by atoms with E-state index < -0.39 is 44.8 Å². The van der Waals surface area contributed by atoms with Gasteiger partial charge in [-0.1, -0.05) is 18.2 Å². The van der Waals surface area contributed by atoms with Gasteiger partial charge in [0.25, 0.3) is 5.69 Å². The van der Waals surface area contributed by atoms with Crippen molar-refractivity contribution in [2.45, 2.75) is 0 Å². The summed E-state index contributed by atoms with van der Waals surface area (Å²) in [6, 6.07) is 13.4. The summed E-state index contributed by atoms with van der Waals surface area (Å²) in [6.07, 6.45) is 0. The van der Waals surface area contributed by atoms with Crippen molar-refractivity contribution in [3.63, 3.8) is 0 Å². The largest absolute Gasteiger partial charge is 0.507 e. The van der Waals surface area contributed by atoms with Crippen molar-refractivity contribution < 1.29 is 24.7 Å². The van der Waals surface area contributed by atoms with Crippen molar-refractivity contribution in [3.8, 4) is 11.5 Å². The van der Waals surface area contributed by atoms with Crippen molar-refractivity contribution in [3.05, 3.63) is 87.0 Å². The molecule has 0 atom stereocenters. The van der Waals surface area contributed by atoms with Crippen LogP contribution in [0.4, 0.5) is 17.1 Å². The van der Waals surface area contributed by atoms with Crippen LogP contribution in [0.25, 0.3) is 0 Å². The zero-order valence-corrected chi connectivity index (χ0v) is 14.2. The molecule has 138 valence electrons. The Hall–Kier alpha value is -4.20. The predicted molar refractivity (Wildman–Crippen MR) is 99.5 cm³/mol. The number of nitrogens with one attached hydrogen (secondary N) is 1. The Kier molecular flexibility index (Phi) is 3.82. The molecule has 0 saturated carbocycles. The number of phenols is 2. The summed E-state index contributed by atoms with van der Waals surface area (Å²) in [5, 5.41) is 34.6. The standard InChI is InChI=1S/C20H12N2O6/c23-13-8-9-14(24)18-17(13)19(25)15-11(21-10-4-2-1-3-5-10)6-7-12(22(27)28)16(15)20(18)26/h1-9,21,23-24H. The average Bonchev–Trinajstić information content (AvgIpc) is 2.68. The van der Waals surface area contributed by atoms with Gasteiger partial charge < -0.3 is 15.5 Å². The minimum Gasteiger partial charge on any atom is -0.507 e. The highest BCUT2D eigenvalue weighted by Gasteiger charge is 2.40. The molecule has 1 aliphatic rings.